The van der Waals surface area contributed by atoms with Crippen LogP contribution >= 0.6 is 0 Å². The van der Waals surface area contributed by atoms with Crippen LogP contribution < -0.4 is 4.72 Å². The Morgan fingerprint density at radius 3 is 2.38 bits per heavy atom. The number of carboxylic acids is 1. The number of unbranched alkanes of at least 4 members (excludes halogenated alkanes) is 1. The molecule has 0 fully saturated rings. The fraction of sp³-hybridized carbons (Fsp3) is 0.381. The monoisotopic (exact) mass is 467 g/mol. The van der Waals surface area contributed by atoms with Crippen molar-refractivity contribution in [3.63, 3.8) is 0 Å². The van der Waals surface area contributed by atoms with Crippen LogP contribution in [0.3, 0.4) is 0 Å². The van der Waals surface area contributed by atoms with Gasteiger partial charge in [0, 0.05) is 17.5 Å². The number of benzene rings is 1. The molecule has 0 atom stereocenters. The lowest BCUT2D eigenvalue weighted by Gasteiger charge is -2.16. The van der Waals surface area contributed by atoms with Crippen molar-refractivity contribution < 1.29 is 32.9 Å². The van der Waals surface area contributed by atoms with Crippen molar-refractivity contribution in [2.24, 2.45) is 0 Å². The second-order valence-electron chi connectivity index (χ2n) is 7.65. The third kappa shape index (κ3) is 7.08. The third-order valence-electron chi connectivity index (χ3n) is 4.44. The standard InChI is InChI=1S/C21H26FN3O6S/c1-13(2)17-16(7-5-4-6-12-21(28,29)19(26)27)18(14-8-10-15(22)11-9-14)24-20(23-17)25-32(3,30)31/h5,7-11,13,28-29H,4,6,12H2,1-3H3,(H,26,27)(H,23,24,25)/b7-5+. The number of aliphatic carboxylic acids is 1. The molecular formula is C21H26FN3O6S. The molecule has 2 aromatic rings. The summed E-state index contributed by atoms with van der Waals surface area (Å²) in [5, 5.41) is 27.5. The van der Waals surface area contributed by atoms with Crippen LogP contribution in [0.4, 0.5) is 10.3 Å². The zero-order valence-corrected chi connectivity index (χ0v) is 18.7. The zero-order chi connectivity index (χ0) is 24.1. The molecule has 0 aliphatic carbocycles. The van der Waals surface area contributed by atoms with Crippen molar-refractivity contribution >= 4 is 28.0 Å². The fourth-order valence-electron chi connectivity index (χ4n) is 2.90. The number of anilines is 1. The number of carboxylic acid groups (broad SMARTS) is 1. The molecule has 0 unspecified atom stereocenters. The number of aliphatic hydroxyl groups is 2. The Hall–Kier alpha value is -2.89. The highest BCUT2D eigenvalue weighted by Gasteiger charge is 2.31. The number of carbonyl (C=O) groups is 1. The Kier molecular flexibility index (Phi) is 8.05. The topological polar surface area (TPSA) is 150 Å². The van der Waals surface area contributed by atoms with Crippen LogP contribution in [0.25, 0.3) is 17.3 Å². The van der Waals surface area contributed by atoms with E-state index in [4.69, 9.17) is 5.11 Å². The second kappa shape index (κ2) is 10.2. The van der Waals surface area contributed by atoms with E-state index in [1.165, 1.54) is 24.3 Å². The number of halogens is 1. The highest BCUT2D eigenvalue weighted by atomic mass is 32.2. The maximum atomic E-state index is 13.4. The van der Waals surface area contributed by atoms with E-state index in [1.807, 2.05) is 13.8 Å². The molecule has 1 aromatic carbocycles. The average Bonchev–Trinajstić information content (AvgIpc) is 2.67. The van der Waals surface area contributed by atoms with Crippen molar-refractivity contribution in [2.45, 2.75) is 44.8 Å². The molecule has 32 heavy (non-hydrogen) atoms. The molecule has 0 saturated heterocycles. The van der Waals surface area contributed by atoms with E-state index in [1.54, 1.807) is 12.2 Å². The molecule has 0 amide bonds. The van der Waals surface area contributed by atoms with Gasteiger partial charge in [-0.2, -0.15) is 0 Å². The van der Waals surface area contributed by atoms with Gasteiger partial charge in [0.2, 0.25) is 16.0 Å². The molecule has 4 N–H and O–H groups in total. The number of nitrogens with one attached hydrogen (secondary N) is 1. The normalized spacial score (nSPS) is 12.5. The minimum absolute atomic E-state index is 0.112. The molecule has 2 rings (SSSR count). The van der Waals surface area contributed by atoms with Gasteiger partial charge in [-0.3, -0.25) is 4.72 Å². The number of rotatable bonds is 10. The van der Waals surface area contributed by atoms with Gasteiger partial charge in [0.25, 0.3) is 5.79 Å². The van der Waals surface area contributed by atoms with Crippen LogP contribution in [0.2, 0.25) is 0 Å². The van der Waals surface area contributed by atoms with Crippen LogP contribution in [0.15, 0.2) is 30.3 Å². The van der Waals surface area contributed by atoms with Gasteiger partial charge < -0.3 is 15.3 Å². The highest BCUT2D eigenvalue weighted by Crippen LogP contribution is 2.31. The summed E-state index contributed by atoms with van der Waals surface area (Å²) < 4.78 is 39.1. The molecule has 1 aromatic heterocycles. The van der Waals surface area contributed by atoms with Gasteiger partial charge in [0.05, 0.1) is 17.6 Å². The number of allylic oxidation sites excluding steroid dienone is 1. The number of nitrogens with zero attached hydrogens (tertiary/aromatic N) is 2. The average molecular weight is 468 g/mol. The first-order valence-corrected chi connectivity index (χ1v) is 11.7. The van der Waals surface area contributed by atoms with Crippen LogP contribution in [-0.2, 0) is 14.8 Å². The fourth-order valence-corrected chi connectivity index (χ4v) is 3.33. The van der Waals surface area contributed by atoms with E-state index in [0.717, 1.165) is 6.26 Å². The van der Waals surface area contributed by atoms with Crippen LogP contribution in [-0.4, -0.2) is 51.7 Å². The van der Waals surface area contributed by atoms with Gasteiger partial charge in [-0.1, -0.05) is 26.0 Å². The summed E-state index contributed by atoms with van der Waals surface area (Å²) in [4.78, 5) is 19.4. The Labute approximate surface area is 185 Å². The predicted molar refractivity (Wildman–Crippen MR) is 118 cm³/mol. The van der Waals surface area contributed by atoms with E-state index in [0.29, 0.717) is 28.9 Å². The highest BCUT2D eigenvalue weighted by molar-refractivity contribution is 7.91. The third-order valence-corrected chi connectivity index (χ3v) is 4.99. The molecule has 1 heterocycles. The summed E-state index contributed by atoms with van der Waals surface area (Å²) in [5.41, 5.74) is 2.06. The van der Waals surface area contributed by atoms with Crippen LogP contribution in [0, 0.1) is 5.82 Å². The molecular weight excluding hydrogens is 441 g/mol. The summed E-state index contributed by atoms with van der Waals surface area (Å²) in [6.07, 6.45) is 4.56. The lowest BCUT2D eigenvalue weighted by atomic mass is 9.97. The van der Waals surface area contributed by atoms with Gasteiger partial charge >= 0.3 is 5.97 Å². The van der Waals surface area contributed by atoms with Crippen molar-refractivity contribution in [3.8, 4) is 11.3 Å². The zero-order valence-electron chi connectivity index (χ0n) is 17.9. The van der Waals surface area contributed by atoms with Crippen molar-refractivity contribution in [3.05, 3.63) is 47.4 Å². The predicted octanol–water partition coefficient (Wildman–Crippen LogP) is 2.73. The first kappa shape index (κ1) is 25.4. The van der Waals surface area contributed by atoms with Crippen LogP contribution in [0.1, 0.15) is 50.3 Å². The summed E-state index contributed by atoms with van der Waals surface area (Å²) in [6.45, 7) is 3.74. The Balaban J connectivity index is 2.46. The largest absolute Gasteiger partial charge is 0.477 e. The molecule has 0 spiro atoms. The summed E-state index contributed by atoms with van der Waals surface area (Å²) in [7, 11) is -3.63. The molecule has 0 saturated carbocycles. The van der Waals surface area contributed by atoms with E-state index in [9.17, 15) is 27.8 Å². The molecule has 0 aliphatic heterocycles. The minimum atomic E-state index is -3.63. The van der Waals surface area contributed by atoms with Crippen molar-refractivity contribution in [1.29, 1.82) is 0 Å². The van der Waals surface area contributed by atoms with Crippen molar-refractivity contribution in [1.82, 2.24) is 9.97 Å². The van der Waals surface area contributed by atoms with E-state index in [-0.39, 0.29) is 24.7 Å². The summed E-state index contributed by atoms with van der Waals surface area (Å²) in [5.74, 6) is -5.18. The van der Waals surface area contributed by atoms with Gasteiger partial charge in [0.1, 0.15) is 5.82 Å². The van der Waals surface area contributed by atoms with Gasteiger partial charge in [0.15, 0.2) is 0 Å². The van der Waals surface area contributed by atoms with E-state index in [2.05, 4.69) is 14.7 Å². The number of hydrogen-bond acceptors (Lipinski definition) is 7. The smallest absolute Gasteiger partial charge is 0.364 e. The Bertz CT molecular complexity index is 1100. The molecule has 11 heteroatoms. The Morgan fingerprint density at radius 2 is 1.84 bits per heavy atom. The first-order valence-electron chi connectivity index (χ1n) is 9.80. The van der Waals surface area contributed by atoms with Crippen LogP contribution in [0.5, 0.6) is 0 Å². The Morgan fingerprint density at radius 1 is 1.22 bits per heavy atom. The maximum absolute atomic E-state index is 13.4. The molecule has 0 aliphatic rings. The molecule has 9 nitrogen and oxygen atoms in total. The maximum Gasteiger partial charge on any atom is 0.364 e. The summed E-state index contributed by atoms with van der Waals surface area (Å²) >= 11 is 0. The number of aromatic nitrogens is 2. The van der Waals surface area contributed by atoms with E-state index >= 15 is 0 Å². The summed E-state index contributed by atoms with van der Waals surface area (Å²) in [6, 6.07) is 5.55. The molecule has 0 radical (unpaired) electrons. The lowest BCUT2D eigenvalue weighted by molar-refractivity contribution is -0.205. The lowest BCUT2D eigenvalue weighted by Crippen LogP contribution is -2.37. The van der Waals surface area contributed by atoms with E-state index < -0.39 is 27.6 Å². The minimum Gasteiger partial charge on any atom is -0.477 e. The first-order chi connectivity index (χ1) is 14.8. The SMILES string of the molecule is CC(C)c1nc(NS(C)(=O)=O)nc(-c2ccc(F)cc2)c1/C=C/CCCC(O)(O)C(=O)O. The molecule has 0 bridgehead atoms. The van der Waals surface area contributed by atoms with Gasteiger partial charge in [-0.25, -0.2) is 27.6 Å². The quantitative estimate of drug-likeness (QED) is 0.308. The second-order valence-corrected chi connectivity index (χ2v) is 9.40. The van der Waals surface area contributed by atoms with Gasteiger partial charge in [-0.15, -0.1) is 0 Å². The number of hydrogen-bond donors (Lipinski definition) is 4. The number of sulfonamides is 1. The van der Waals surface area contributed by atoms with Gasteiger partial charge in [-0.05, 0) is 43.0 Å². The van der Waals surface area contributed by atoms with Crippen molar-refractivity contribution in [2.75, 3.05) is 11.0 Å². The molecule has 174 valence electrons.